The maximum atomic E-state index is 12.7. The van der Waals surface area contributed by atoms with Crippen molar-refractivity contribution in [3.8, 4) is 0 Å². The van der Waals surface area contributed by atoms with Crippen LogP contribution in [0.3, 0.4) is 0 Å². The zero-order valence-electron chi connectivity index (χ0n) is 12.1. The zero-order chi connectivity index (χ0) is 14.9. The Morgan fingerprint density at radius 3 is 2.15 bits per heavy atom. The first-order valence-corrected chi connectivity index (χ1v) is 6.53. The average Bonchev–Trinajstić information content (AvgIpc) is 2.62. The van der Waals surface area contributed by atoms with Gasteiger partial charge in [-0.25, -0.2) is 0 Å². The summed E-state index contributed by atoms with van der Waals surface area (Å²) in [5, 5.41) is 0. The first kappa shape index (κ1) is 14.5. The highest BCUT2D eigenvalue weighted by Crippen LogP contribution is 2.39. The molecule has 4 heteroatoms. The van der Waals surface area contributed by atoms with Gasteiger partial charge in [0.15, 0.2) is 5.76 Å². The fourth-order valence-electron chi connectivity index (χ4n) is 2.42. The number of hydrogen-bond acceptors (Lipinski definition) is 4. The highest BCUT2D eigenvalue weighted by atomic mass is 16.5. The third-order valence-corrected chi connectivity index (χ3v) is 3.37. The van der Waals surface area contributed by atoms with Gasteiger partial charge in [0, 0.05) is 12.7 Å². The van der Waals surface area contributed by atoms with Crippen molar-refractivity contribution in [3.05, 3.63) is 47.2 Å². The fraction of sp³-hybridized carbons (Fsp3) is 0.375. The van der Waals surface area contributed by atoms with Gasteiger partial charge < -0.3 is 9.47 Å². The standard InChI is InChI=1S/C16H18O4/c1-10(2)20-13-11(3)14(17)16(19-4,15(13)18)12-8-6-5-7-9-12/h5-10H,1-4H3. The lowest BCUT2D eigenvalue weighted by molar-refractivity contribution is -0.150. The molecule has 20 heavy (non-hydrogen) atoms. The summed E-state index contributed by atoms with van der Waals surface area (Å²) >= 11 is 0. The maximum Gasteiger partial charge on any atom is 0.242 e. The topological polar surface area (TPSA) is 52.6 Å². The van der Waals surface area contributed by atoms with E-state index in [4.69, 9.17) is 9.47 Å². The van der Waals surface area contributed by atoms with E-state index in [2.05, 4.69) is 0 Å². The molecule has 1 atom stereocenters. The quantitative estimate of drug-likeness (QED) is 0.791. The largest absolute Gasteiger partial charge is 0.487 e. The summed E-state index contributed by atoms with van der Waals surface area (Å²) < 4.78 is 10.9. The van der Waals surface area contributed by atoms with E-state index in [0.29, 0.717) is 11.1 Å². The Balaban J connectivity index is 2.54. The number of ketones is 2. The van der Waals surface area contributed by atoms with E-state index in [1.165, 1.54) is 7.11 Å². The van der Waals surface area contributed by atoms with E-state index in [1.54, 1.807) is 31.2 Å². The number of Topliss-reactive ketones (excluding diaryl/α,β-unsaturated/α-hetero) is 2. The lowest BCUT2D eigenvalue weighted by atomic mass is 9.88. The van der Waals surface area contributed by atoms with Crippen molar-refractivity contribution in [2.45, 2.75) is 32.5 Å². The van der Waals surface area contributed by atoms with Gasteiger partial charge in [-0.2, -0.15) is 0 Å². The van der Waals surface area contributed by atoms with Gasteiger partial charge in [-0.1, -0.05) is 30.3 Å². The Hall–Kier alpha value is -1.94. The van der Waals surface area contributed by atoms with Gasteiger partial charge in [0.05, 0.1) is 6.10 Å². The molecule has 0 aromatic heterocycles. The third-order valence-electron chi connectivity index (χ3n) is 3.37. The Kier molecular flexibility index (Phi) is 3.77. The summed E-state index contributed by atoms with van der Waals surface area (Å²) in [6.45, 7) is 5.22. The van der Waals surface area contributed by atoms with Crippen LogP contribution in [0.1, 0.15) is 26.3 Å². The Labute approximate surface area is 118 Å². The van der Waals surface area contributed by atoms with Crippen LogP contribution in [-0.2, 0) is 24.7 Å². The van der Waals surface area contributed by atoms with Crippen molar-refractivity contribution in [3.63, 3.8) is 0 Å². The lowest BCUT2D eigenvalue weighted by Crippen LogP contribution is -2.42. The molecular formula is C16H18O4. The summed E-state index contributed by atoms with van der Waals surface area (Å²) in [4.78, 5) is 25.3. The van der Waals surface area contributed by atoms with Crippen LogP contribution in [0.4, 0.5) is 0 Å². The molecule has 0 saturated heterocycles. The van der Waals surface area contributed by atoms with Gasteiger partial charge in [0.2, 0.25) is 17.2 Å². The number of methoxy groups -OCH3 is 1. The number of hydrogen-bond donors (Lipinski definition) is 0. The van der Waals surface area contributed by atoms with Crippen LogP contribution in [-0.4, -0.2) is 24.8 Å². The van der Waals surface area contributed by atoms with Crippen molar-refractivity contribution in [1.82, 2.24) is 0 Å². The predicted octanol–water partition coefficient (Wildman–Crippen LogP) is 2.38. The monoisotopic (exact) mass is 274 g/mol. The van der Waals surface area contributed by atoms with Gasteiger partial charge in [-0.3, -0.25) is 9.59 Å². The van der Waals surface area contributed by atoms with Crippen LogP contribution in [0.15, 0.2) is 41.7 Å². The molecule has 106 valence electrons. The van der Waals surface area contributed by atoms with Gasteiger partial charge >= 0.3 is 0 Å². The zero-order valence-corrected chi connectivity index (χ0v) is 12.1. The van der Waals surface area contributed by atoms with Crippen LogP contribution < -0.4 is 0 Å². The molecule has 0 N–H and O–H groups in total. The molecule has 1 aromatic rings. The lowest BCUT2D eigenvalue weighted by Gasteiger charge is -2.25. The molecule has 0 fully saturated rings. The highest BCUT2D eigenvalue weighted by molar-refractivity contribution is 6.29. The minimum Gasteiger partial charge on any atom is -0.487 e. The van der Waals surface area contributed by atoms with Crippen LogP contribution in [0.5, 0.6) is 0 Å². The second-order valence-corrected chi connectivity index (χ2v) is 5.03. The molecule has 1 aromatic carbocycles. The summed E-state index contributed by atoms with van der Waals surface area (Å²) in [6, 6.07) is 8.79. The summed E-state index contributed by atoms with van der Waals surface area (Å²) in [5.41, 5.74) is -0.760. The van der Waals surface area contributed by atoms with E-state index in [-0.39, 0.29) is 17.6 Å². The van der Waals surface area contributed by atoms with E-state index < -0.39 is 11.4 Å². The molecule has 0 amide bonds. The van der Waals surface area contributed by atoms with Crippen molar-refractivity contribution in [2.24, 2.45) is 0 Å². The van der Waals surface area contributed by atoms with Crippen molar-refractivity contribution < 1.29 is 19.1 Å². The summed E-state index contributed by atoms with van der Waals surface area (Å²) in [6.07, 6.45) is -0.180. The summed E-state index contributed by atoms with van der Waals surface area (Å²) in [7, 11) is 1.37. The van der Waals surface area contributed by atoms with Crippen molar-refractivity contribution >= 4 is 11.6 Å². The van der Waals surface area contributed by atoms with E-state index in [1.807, 2.05) is 19.9 Å². The van der Waals surface area contributed by atoms with Crippen molar-refractivity contribution in [1.29, 1.82) is 0 Å². The minimum atomic E-state index is -1.60. The second kappa shape index (κ2) is 5.21. The molecule has 0 bridgehead atoms. The third kappa shape index (κ3) is 1.96. The fourth-order valence-corrected chi connectivity index (χ4v) is 2.42. The van der Waals surface area contributed by atoms with Crippen LogP contribution >= 0.6 is 0 Å². The van der Waals surface area contributed by atoms with Gasteiger partial charge in [0.25, 0.3) is 0 Å². The van der Waals surface area contributed by atoms with Crippen LogP contribution in [0, 0.1) is 0 Å². The molecule has 0 radical (unpaired) electrons. The smallest absolute Gasteiger partial charge is 0.242 e. The first-order valence-electron chi connectivity index (χ1n) is 6.53. The molecule has 1 aliphatic carbocycles. The second-order valence-electron chi connectivity index (χ2n) is 5.03. The van der Waals surface area contributed by atoms with Crippen LogP contribution in [0.2, 0.25) is 0 Å². The van der Waals surface area contributed by atoms with Crippen molar-refractivity contribution in [2.75, 3.05) is 7.11 Å². The average molecular weight is 274 g/mol. The Morgan fingerprint density at radius 2 is 1.65 bits per heavy atom. The highest BCUT2D eigenvalue weighted by Gasteiger charge is 2.56. The Morgan fingerprint density at radius 1 is 1.05 bits per heavy atom. The minimum absolute atomic E-state index is 0.107. The van der Waals surface area contributed by atoms with E-state index in [0.717, 1.165) is 0 Å². The number of carbonyl (C=O) groups is 2. The first-order chi connectivity index (χ1) is 9.45. The number of rotatable bonds is 4. The molecule has 0 aliphatic heterocycles. The van der Waals surface area contributed by atoms with Gasteiger partial charge in [0.1, 0.15) is 0 Å². The van der Waals surface area contributed by atoms with Gasteiger partial charge in [-0.15, -0.1) is 0 Å². The molecule has 2 rings (SSSR count). The number of benzene rings is 1. The molecule has 1 aliphatic rings. The van der Waals surface area contributed by atoms with Crippen LogP contribution in [0.25, 0.3) is 0 Å². The maximum absolute atomic E-state index is 12.7. The van der Waals surface area contributed by atoms with E-state index >= 15 is 0 Å². The molecule has 0 heterocycles. The Bertz CT molecular complexity index is 571. The molecule has 0 spiro atoms. The van der Waals surface area contributed by atoms with E-state index in [9.17, 15) is 9.59 Å². The summed E-state index contributed by atoms with van der Waals surface area (Å²) in [5.74, 6) is -0.676. The molecule has 1 unspecified atom stereocenters. The molecular weight excluding hydrogens is 256 g/mol. The number of carbonyl (C=O) groups excluding carboxylic acids is 2. The number of ether oxygens (including phenoxy) is 2. The van der Waals surface area contributed by atoms with Gasteiger partial charge in [-0.05, 0) is 26.3 Å². The molecule has 0 saturated carbocycles. The SMILES string of the molecule is COC1(c2ccccc2)C(=O)C(C)=C(OC(C)C)C1=O. The molecule has 4 nitrogen and oxygen atoms in total. The normalized spacial score (nSPS) is 22.9. The predicted molar refractivity (Wildman–Crippen MR) is 74.1 cm³/mol.